The minimum Gasteiger partial charge on any atom is -0.334 e. The van der Waals surface area contributed by atoms with E-state index in [-0.39, 0.29) is 18.0 Å². The molecule has 0 bridgehead atoms. The van der Waals surface area contributed by atoms with Crippen LogP contribution in [0.2, 0.25) is 0 Å². The maximum atomic E-state index is 12.2. The first-order valence-electron chi connectivity index (χ1n) is 7.11. The zero-order valence-electron chi connectivity index (χ0n) is 12.1. The van der Waals surface area contributed by atoms with E-state index in [1.54, 1.807) is 0 Å². The topological polar surface area (TPSA) is 46.3 Å². The van der Waals surface area contributed by atoms with Crippen LogP contribution in [0.3, 0.4) is 0 Å². The number of hydrogen-bond donors (Lipinski definition) is 1. The zero-order chi connectivity index (χ0) is 14.0. The first-order valence-corrected chi connectivity index (χ1v) is 7.11. The van der Waals surface area contributed by atoms with Gasteiger partial charge in [0.15, 0.2) is 0 Å². The highest BCUT2D eigenvalue weighted by atomic mass is 16.2. The van der Waals surface area contributed by atoms with Crippen LogP contribution in [-0.4, -0.2) is 23.4 Å². The van der Waals surface area contributed by atoms with Gasteiger partial charge in [-0.1, -0.05) is 38.1 Å². The molecule has 0 spiro atoms. The average molecular weight is 260 g/mol. The third kappa shape index (κ3) is 2.98. The lowest BCUT2D eigenvalue weighted by Crippen LogP contribution is -2.50. The van der Waals surface area contributed by atoms with Crippen molar-refractivity contribution >= 4 is 5.91 Å². The molecule has 19 heavy (non-hydrogen) atoms. The van der Waals surface area contributed by atoms with Crippen molar-refractivity contribution in [2.24, 2.45) is 11.7 Å². The highest BCUT2D eigenvalue weighted by Crippen LogP contribution is 2.33. The SMILES string of the molecule is Cc1ccccc1C1C(N)CCC(=O)N1CC(C)C. The summed E-state index contributed by atoms with van der Waals surface area (Å²) in [7, 11) is 0. The van der Waals surface area contributed by atoms with Gasteiger partial charge >= 0.3 is 0 Å². The molecule has 1 fully saturated rings. The summed E-state index contributed by atoms with van der Waals surface area (Å²) in [4.78, 5) is 14.2. The van der Waals surface area contributed by atoms with Crippen LogP contribution in [-0.2, 0) is 4.79 Å². The predicted molar refractivity (Wildman–Crippen MR) is 77.7 cm³/mol. The predicted octanol–water partition coefficient (Wildman–Crippen LogP) is 2.64. The molecule has 1 aliphatic rings. The zero-order valence-corrected chi connectivity index (χ0v) is 12.1. The van der Waals surface area contributed by atoms with Crippen molar-refractivity contribution in [2.75, 3.05) is 6.54 Å². The molecule has 1 aromatic carbocycles. The number of aryl methyl sites for hydroxylation is 1. The van der Waals surface area contributed by atoms with Crippen LogP contribution in [0.4, 0.5) is 0 Å². The summed E-state index contributed by atoms with van der Waals surface area (Å²) in [6.07, 6.45) is 1.36. The molecule has 1 aliphatic heterocycles. The molecule has 0 aromatic heterocycles. The lowest BCUT2D eigenvalue weighted by Gasteiger charge is -2.41. The molecular formula is C16H24N2O. The molecule has 2 rings (SSSR count). The molecule has 1 amide bonds. The maximum absolute atomic E-state index is 12.2. The van der Waals surface area contributed by atoms with Crippen molar-refractivity contribution in [3.05, 3.63) is 35.4 Å². The molecule has 2 N–H and O–H groups in total. The molecule has 2 unspecified atom stereocenters. The fraction of sp³-hybridized carbons (Fsp3) is 0.562. The van der Waals surface area contributed by atoms with Gasteiger partial charge in [0, 0.05) is 19.0 Å². The number of benzene rings is 1. The number of carbonyl (C=O) groups is 1. The van der Waals surface area contributed by atoms with Gasteiger partial charge in [-0.15, -0.1) is 0 Å². The monoisotopic (exact) mass is 260 g/mol. The van der Waals surface area contributed by atoms with Gasteiger partial charge < -0.3 is 10.6 Å². The number of carbonyl (C=O) groups excluding carboxylic acids is 1. The number of nitrogens with zero attached hydrogens (tertiary/aromatic N) is 1. The van der Waals surface area contributed by atoms with Crippen molar-refractivity contribution in [1.82, 2.24) is 4.90 Å². The second kappa shape index (κ2) is 5.74. The normalized spacial score (nSPS) is 24.1. The van der Waals surface area contributed by atoms with Crippen molar-refractivity contribution in [3.8, 4) is 0 Å². The minimum absolute atomic E-state index is 0.0323. The second-order valence-corrected chi connectivity index (χ2v) is 5.94. The van der Waals surface area contributed by atoms with Crippen molar-refractivity contribution in [3.63, 3.8) is 0 Å². The summed E-state index contributed by atoms with van der Waals surface area (Å²) in [6, 6.07) is 8.33. The average Bonchev–Trinajstić information content (AvgIpc) is 2.35. The van der Waals surface area contributed by atoms with Crippen LogP contribution in [0, 0.1) is 12.8 Å². The Labute approximate surface area is 115 Å². The van der Waals surface area contributed by atoms with Gasteiger partial charge in [-0.05, 0) is 30.4 Å². The molecule has 0 saturated carbocycles. The highest BCUT2D eigenvalue weighted by Gasteiger charge is 2.35. The molecule has 3 heteroatoms. The number of rotatable bonds is 3. The van der Waals surface area contributed by atoms with Crippen LogP contribution >= 0.6 is 0 Å². The van der Waals surface area contributed by atoms with Crippen LogP contribution < -0.4 is 5.73 Å². The third-order valence-corrected chi connectivity index (χ3v) is 3.82. The van der Waals surface area contributed by atoms with Crippen LogP contribution in [0.15, 0.2) is 24.3 Å². The molecule has 2 atom stereocenters. The standard InChI is InChI=1S/C16H24N2O/c1-11(2)10-18-15(19)9-8-14(17)16(18)13-7-5-4-6-12(13)3/h4-7,11,14,16H,8-10,17H2,1-3H3. The molecule has 0 aliphatic carbocycles. The number of hydrogen-bond acceptors (Lipinski definition) is 2. The van der Waals surface area contributed by atoms with E-state index in [1.807, 2.05) is 17.0 Å². The van der Waals surface area contributed by atoms with Crippen molar-refractivity contribution in [2.45, 2.75) is 45.7 Å². The Morgan fingerprint density at radius 2 is 2.05 bits per heavy atom. The van der Waals surface area contributed by atoms with E-state index < -0.39 is 0 Å². The number of likely N-dealkylation sites (tertiary alicyclic amines) is 1. The molecule has 0 radical (unpaired) electrons. The molecule has 1 heterocycles. The van der Waals surface area contributed by atoms with E-state index in [0.717, 1.165) is 13.0 Å². The van der Waals surface area contributed by atoms with Gasteiger partial charge in [0.1, 0.15) is 0 Å². The maximum Gasteiger partial charge on any atom is 0.223 e. The number of piperidine rings is 1. The first-order chi connectivity index (χ1) is 9.00. The third-order valence-electron chi connectivity index (χ3n) is 3.82. The Morgan fingerprint density at radius 3 is 2.68 bits per heavy atom. The summed E-state index contributed by atoms with van der Waals surface area (Å²) in [5, 5.41) is 0. The summed E-state index contributed by atoms with van der Waals surface area (Å²) in [6.45, 7) is 7.16. The summed E-state index contributed by atoms with van der Waals surface area (Å²) < 4.78 is 0. The smallest absolute Gasteiger partial charge is 0.223 e. The Bertz CT molecular complexity index is 456. The van der Waals surface area contributed by atoms with E-state index >= 15 is 0 Å². The molecular weight excluding hydrogens is 236 g/mol. The fourth-order valence-electron chi connectivity index (χ4n) is 2.90. The largest absolute Gasteiger partial charge is 0.334 e. The van der Waals surface area contributed by atoms with Gasteiger partial charge in [0.05, 0.1) is 6.04 Å². The summed E-state index contributed by atoms with van der Waals surface area (Å²) >= 11 is 0. The summed E-state index contributed by atoms with van der Waals surface area (Å²) in [5.74, 6) is 0.699. The lowest BCUT2D eigenvalue weighted by molar-refractivity contribution is -0.138. The van der Waals surface area contributed by atoms with Gasteiger partial charge in [0.2, 0.25) is 5.91 Å². The van der Waals surface area contributed by atoms with E-state index in [0.29, 0.717) is 12.3 Å². The van der Waals surface area contributed by atoms with Crippen LogP contribution in [0.25, 0.3) is 0 Å². The number of amides is 1. The fourth-order valence-corrected chi connectivity index (χ4v) is 2.90. The Hall–Kier alpha value is -1.35. The van der Waals surface area contributed by atoms with E-state index in [2.05, 4.69) is 32.9 Å². The second-order valence-electron chi connectivity index (χ2n) is 5.94. The molecule has 1 saturated heterocycles. The summed E-state index contributed by atoms with van der Waals surface area (Å²) in [5.41, 5.74) is 8.73. The Morgan fingerprint density at radius 1 is 1.37 bits per heavy atom. The van der Waals surface area contributed by atoms with E-state index in [4.69, 9.17) is 5.73 Å². The van der Waals surface area contributed by atoms with Gasteiger partial charge in [-0.2, -0.15) is 0 Å². The Kier molecular flexibility index (Phi) is 4.25. The Balaban J connectivity index is 2.36. The molecule has 3 nitrogen and oxygen atoms in total. The first kappa shape index (κ1) is 14.1. The lowest BCUT2D eigenvalue weighted by atomic mass is 9.87. The van der Waals surface area contributed by atoms with Crippen molar-refractivity contribution < 1.29 is 4.79 Å². The minimum atomic E-state index is 0.0323. The van der Waals surface area contributed by atoms with Gasteiger partial charge in [0.25, 0.3) is 0 Å². The van der Waals surface area contributed by atoms with Crippen LogP contribution in [0.5, 0.6) is 0 Å². The molecule has 1 aromatic rings. The quantitative estimate of drug-likeness (QED) is 0.908. The van der Waals surface area contributed by atoms with Gasteiger partial charge in [-0.3, -0.25) is 4.79 Å². The van der Waals surface area contributed by atoms with E-state index in [1.165, 1.54) is 11.1 Å². The van der Waals surface area contributed by atoms with E-state index in [9.17, 15) is 4.79 Å². The highest BCUT2D eigenvalue weighted by molar-refractivity contribution is 5.78. The van der Waals surface area contributed by atoms with Gasteiger partial charge in [-0.25, -0.2) is 0 Å². The van der Waals surface area contributed by atoms with Crippen molar-refractivity contribution in [1.29, 1.82) is 0 Å². The van der Waals surface area contributed by atoms with Crippen LogP contribution in [0.1, 0.15) is 43.9 Å². The molecule has 104 valence electrons. The number of nitrogens with two attached hydrogens (primary N) is 1.